The van der Waals surface area contributed by atoms with Gasteiger partial charge >= 0.3 is 6.18 Å². The SMILES string of the molecule is [C-]#[N+]/N=C1/c2ccccc2-c2nc3cc(Oc4ccc(C(F)(F)F)cc4)ccc3nc21. The Balaban J connectivity index is 1.54. The van der Waals surface area contributed by atoms with Crippen molar-refractivity contribution in [3.63, 3.8) is 0 Å². The Morgan fingerprint density at radius 2 is 1.48 bits per heavy atom. The minimum absolute atomic E-state index is 0.276. The van der Waals surface area contributed by atoms with Gasteiger partial charge in [0, 0.05) is 17.2 Å². The van der Waals surface area contributed by atoms with Crippen LogP contribution in [0.5, 0.6) is 11.5 Å². The van der Waals surface area contributed by atoms with Gasteiger partial charge in [0.15, 0.2) is 5.71 Å². The van der Waals surface area contributed by atoms with Crippen LogP contribution in [0.1, 0.15) is 16.8 Å². The van der Waals surface area contributed by atoms with Gasteiger partial charge in [0.05, 0.1) is 27.4 Å². The molecule has 0 spiro atoms. The van der Waals surface area contributed by atoms with Gasteiger partial charge in [-0.05, 0) is 36.4 Å². The van der Waals surface area contributed by atoms with Crippen LogP contribution >= 0.6 is 0 Å². The van der Waals surface area contributed by atoms with Gasteiger partial charge in [-0.25, -0.2) is 9.97 Å². The van der Waals surface area contributed by atoms with Gasteiger partial charge in [-0.1, -0.05) is 24.3 Å². The maximum Gasteiger partial charge on any atom is 0.416 e. The van der Waals surface area contributed by atoms with E-state index in [0.29, 0.717) is 33.9 Å². The fourth-order valence-electron chi connectivity index (χ4n) is 3.47. The van der Waals surface area contributed by atoms with Crippen LogP contribution in [0.3, 0.4) is 0 Å². The van der Waals surface area contributed by atoms with E-state index >= 15 is 0 Å². The van der Waals surface area contributed by atoms with E-state index in [1.807, 2.05) is 24.3 Å². The second kappa shape index (κ2) is 6.92. The first-order valence-electron chi connectivity index (χ1n) is 9.15. The molecule has 0 aliphatic heterocycles. The molecule has 1 aromatic heterocycles. The summed E-state index contributed by atoms with van der Waals surface area (Å²) in [7, 11) is 0. The van der Waals surface area contributed by atoms with E-state index in [1.165, 1.54) is 12.1 Å². The third-order valence-corrected chi connectivity index (χ3v) is 4.86. The maximum atomic E-state index is 12.7. The molecule has 4 aromatic rings. The van der Waals surface area contributed by atoms with E-state index in [4.69, 9.17) is 16.3 Å². The van der Waals surface area contributed by atoms with E-state index < -0.39 is 11.7 Å². The normalized spacial score (nSPS) is 13.7. The summed E-state index contributed by atoms with van der Waals surface area (Å²) in [6, 6.07) is 17.0. The predicted molar refractivity (Wildman–Crippen MR) is 109 cm³/mol. The molecule has 0 fully saturated rings. The number of benzene rings is 3. The monoisotopic (exact) mass is 416 g/mol. The molecular formula is C23H11F3N4O. The molecule has 31 heavy (non-hydrogen) atoms. The fraction of sp³-hybridized carbons (Fsp3) is 0.0435. The summed E-state index contributed by atoms with van der Waals surface area (Å²) in [6.07, 6.45) is -4.40. The lowest BCUT2D eigenvalue weighted by Gasteiger charge is -2.10. The molecule has 1 aliphatic rings. The van der Waals surface area contributed by atoms with Crippen LogP contribution in [0.2, 0.25) is 0 Å². The molecule has 8 heteroatoms. The first-order chi connectivity index (χ1) is 14.9. The Morgan fingerprint density at radius 3 is 2.19 bits per heavy atom. The van der Waals surface area contributed by atoms with E-state index in [1.54, 1.807) is 18.2 Å². The highest BCUT2D eigenvalue weighted by Gasteiger charge is 2.31. The minimum Gasteiger partial charge on any atom is -0.457 e. The number of ether oxygens (including phenoxy) is 1. The molecule has 0 N–H and O–H groups in total. The van der Waals surface area contributed by atoms with Gasteiger partial charge in [-0.3, -0.25) is 0 Å². The molecule has 3 aromatic carbocycles. The molecule has 5 rings (SSSR count). The average Bonchev–Trinajstić information content (AvgIpc) is 3.05. The Hall–Kier alpha value is -4.25. The first-order valence-corrected chi connectivity index (χ1v) is 9.15. The van der Waals surface area contributed by atoms with Gasteiger partial charge in [0.25, 0.3) is 0 Å². The lowest BCUT2D eigenvalue weighted by atomic mass is 10.1. The summed E-state index contributed by atoms with van der Waals surface area (Å²) < 4.78 is 43.9. The molecule has 1 heterocycles. The van der Waals surface area contributed by atoms with Gasteiger partial charge in [-0.15, -0.1) is 4.95 Å². The molecule has 0 amide bonds. The molecule has 0 saturated heterocycles. The molecular weight excluding hydrogens is 405 g/mol. The average molecular weight is 416 g/mol. The zero-order valence-corrected chi connectivity index (χ0v) is 15.7. The lowest BCUT2D eigenvalue weighted by Crippen LogP contribution is -2.04. The Kier molecular flexibility index (Phi) is 4.19. The number of halogens is 3. The van der Waals surface area contributed by atoms with Crippen molar-refractivity contribution in [1.82, 2.24) is 9.97 Å². The Labute approximate surface area is 174 Å². The minimum atomic E-state index is -4.40. The van der Waals surface area contributed by atoms with Crippen LogP contribution in [-0.2, 0) is 6.18 Å². The highest BCUT2D eigenvalue weighted by atomic mass is 19.4. The number of alkyl halides is 3. The first kappa shape index (κ1) is 18.8. The van der Waals surface area contributed by atoms with Crippen LogP contribution < -0.4 is 4.74 Å². The standard InChI is InChI=1S/C23H11F3N4O/c1-27-30-21-17-5-3-2-4-16(17)20-22(21)28-18-11-10-15(12-19(18)29-20)31-14-8-6-13(7-9-14)23(24,25)26/h2-12H/b30-21-. The molecule has 0 unspecified atom stereocenters. The predicted octanol–water partition coefficient (Wildman–Crippen LogP) is 6.09. The van der Waals surface area contributed by atoms with Crippen molar-refractivity contribution in [2.24, 2.45) is 5.10 Å². The molecule has 0 atom stereocenters. The summed E-state index contributed by atoms with van der Waals surface area (Å²) in [5, 5.41) is 3.91. The maximum absolute atomic E-state index is 12.7. The van der Waals surface area contributed by atoms with Crippen LogP contribution in [0.15, 0.2) is 71.8 Å². The van der Waals surface area contributed by atoms with Gasteiger partial charge in [0.1, 0.15) is 17.2 Å². The summed E-state index contributed by atoms with van der Waals surface area (Å²) in [4.78, 5) is 12.5. The molecule has 150 valence electrons. The smallest absolute Gasteiger partial charge is 0.416 e. The molecule has 5 nitrogen and oxygen atoms in total. The number of aromatic nitrogens is 2. The number of fused-ring (bicyclic) bond motifs is 4. The van der Waals surface area contributed by atoms with Crippen molar-refractivity contribution < 1.29 is 17.9 Å². The lowest BCUT2D eigenvalue weighted by molar-refractivity contribution is -0.137. The summed E-state index contributed by atoms with van der Waals surface area (Å²) in [5.41, 5.74) is 3.69. The number of hydrogen-bond acceptors (Lipinski definition) is 4. The van der Waals surface area contributed by atoms with E-state index in [9.17, 15) is 13.2 Å². The Bertz CT molecular complexity index is 1400. The van der Waals surface area contributed by atoms with Crippen molar-refractivity contribution in [3.05, 3.63) is 95.1 Å². The Morgan fingerprint density at radius 1 is 0.806 bits per heavy atom. The quantitative estimate of drug-likeness (QED) is 0.258. The third-order valence-electron chi connectivity index (χ3n) is 4.86. The number of nitrogens with zero attached hydrogens (tertiary/aromatic N) is 4. The van der Waals surface area contributed by atoms with E-state index in [2.05, 4.69) is 15.0 Å². The number of hydrogen-bond donors (Lipinski definition) is 0. The molecule has 0 saturated carbocycles. The summed E-state index contributed by atoms with van der Waals surface area (Å²) in [6.45, 7) is 7.11. The largest absolute Gasteiger partial charge is 0.457 e. The molecule has 1 aliphatic carbocycles. The van der Waals surface area contributed by atoms with Crippen LogP contribution in [0.4, 0.5) is 13.2 Å². The van der Waals surface area contributed by atoms with E-state index in [-0.39, 0.29) is 5.75 Å². The zero-order chi connectivity index (χ0) is 21.6. The van der Waals surface area contributed by atoms with Crippen molar-refractivity contribution in [1.29, 1.82) is 0 Å². The highest BCUT2D eigenvalue weighted by Crippen LogP contribution is 2.37. The van der Waals surface area contributed by atoms with Crippen LogP contribution in [-0.4, -0.2) is 15.7 Å². The van der Waals surface area contributed by atoms with Gasteiger partial charge < -0.3 is 4.74 Å². The third kappa shape index (κ3) is 3.26. The summed E-state index contributed by atoms with van der Waals surface area (Å²) >= 11 is 0. The van der Waals surface area contributed by atoms with Crippen molar-refractivity contribution in [2.75, 3.05) is 0 Å². The number of rotatable bonds is 2. The topological polar surface area (TPSA) is 51.7 Å². The molecule has 0 bridgehead atoms. The summed E-state index contributed by atoms with van der Waals surface area (Å²) in [5.74, 6) is 0.695. The van der Waals surface area contributed by atoms with Gasteiger partial charge in [0.2, 0.25) is 0 Å². The van der Waals surface area contributed by atoms with Crippen molar-refractivity contribution in [3.8, 4) is 22.8 Å². The van der Waals surface area contributed by atoms with Crippen molar-refractivity contribution >= 4 is 16.7 Å². The second-order valence-electron chi connectivity index (χ2n) is 6.79. The van der Waals surface area contributed by atoms with Gasteiger partial charge in [-0.2, -0.15) is 19.7 Å². The van der Waals surface area contributed by atoms with Crippen LogP contribution in [0, 0.1) is 6.57 Å². The molecule has 0 radical (unpaired) electrons. The van der Waals surface area contributed by atoms with Crippen molar-refractivity contribution in [2.45, 2.75) is 6.18 Å². The highest BCUT2D eigenvalue weighted by molar-refractivity contribution is 6.23. The fourth-order valence-corrected chi connectivity index (χ4v) is 3.47. The zero-order valence-electron chi connectivity index (χ0n) is 15.7. The van der Waals surface area contributed by atoms with Crippen LogP contribution in [0.25, 0.3) is 27.2 Å². The van der Waals surface area contributed by atoms with E-state index in [0.717, 1.165) is 23.3 Å². The second-order valence-corrected chi connectivity index (χ2v) is 6.79.